The van der Waals surface area contributed by atoms with E-state index in [-0.39, 0.29) is 0 Å². The maximum absolute atomic E-state index is 5.32. The molecule has 1 heterocycles. The van der Waals surface area contributed by atoms with E-state index >= 15 is 0 Å². The van der Waals surface area contributed by atoms with Crippen LogP contribution < -0.4 is 10.1 Å². The average molecular weight is 347 g/mol. The van der Waals surface area contributed by atoms with Crippen molar-refractivity contribution >= 4 is 0 Å². The van der Waals surface area contributed by atoms with Crippen molar-refractivity contribution in [3.05, 3.63) is 83.2 Å². The van der Waals surface area contributed by atoms with Crippen LogP contribution in [0.2, 0.25) is 0 Å². The maximum Gasteiger partial charge on any atom is 0.119 e. The van der Waals surface area contributed by atoms with Crippen LogP contribution in [0, 0.1) is 0 Å². The second-order valence-electron chi connectivity index (χ2n) is 6.87. The van der Waals surface area contributed by atoms with E-state index in [9.17, 15) is 0 Å². The first-order chi connectivity index (χ1) is 12.8. The number of nitrogens with zero attached hydrogens (tertiary/aromatic N) is 2. The highest BCUT2D eigenvalue weighted by molar-refractivity contribution is 5.30. The van der Waals surface area contributed by atoms with Crippen LogP contribution in [0.15, 0.2) is 60.8 Å². The van der Waals surface area contributed by atoms with E-state index in [1.165, 1.54) is 28.8 Å². The first-order valence-corrected chi connectivity index (χ1v) is 9.28. The van der Waals surface area contributed by atoms with Crippen LogP contribution in [-0.4, -0.2) is 16.9 Å². The summed E-state index contributed by atoms with van der Waals surface area (Å²) < 4.78 is 7.49. The molecule has 4 nitrogen and oxygen atoms in total. The lowest BCUT2D eigenvalue weighted by atomic mass is 9.92. The third kappa shape index (κ3) is 3.65. The zero-order valence-corrected chi connectivity index (χ0v) is 15.2. The summed E-state index contributed by atoms with van der Waals surface area (Å²) in [5, 5.41) is 8.40. The van der Waals surface area contributed by atoms with E-state index in [0.717, 1.165) is 31.7 Å². The van der Waals surface area contributed by atoms with Crippen LogP contribution in [0.1, 0.15) is 41.3 Å². The number of hydrogen-bond acceptors (Lipinski definition) is 3. The highest BCUT2D eigenvalue weighted by atomic mass is 16.5. The minimum atomic E-state index is 0.370. The number of rotatable bonds is 6. The Morgan fingerprint density at radius 1 is 1.12 bits per heavy atom. The summed E-state index contributed by atoms with van der Waals surface area (Å²) in [6.07, 6.45) is 5.53. The molecule has 2 aromatic carbocycles. The van der Waals surface area contributed by atoms with Gasteiger partial charge in [0.05, 0.1) is 19.9 Å². The molecule has 4 rings (SSSR count). The van der Waals surface area contributed by atoms with E-state index in [4.69, 9.17) is 4.74 Å². The molecule has 0 unspecified atom stereocenters. The van der Waals surface area contributed by atoms with Gasteiger partial charge in [-0.05, 0) is 42.5 Å². The first kappa shape index (κ1) is 16.9. The average Bonchev–Trinajstić information content (AvgIpc) is 3.11. The molecule has 0 bridgehead atoms. The second-order valence-corrected chi connectivity index (χ2v) is 6.87. The van der Waals surface area contributed by atoms with Gasteiger partial charge in [-0.15, -0.1) is 0 Å². The Labute approximate surface area is 154 Å². The third-order valence-electron chi connectivity index (χ3n) is 5.12. The molecule has 1 aliphatic rings. The van der Waals surface area contributed by atoms with Crippen molar-refractivity contribution in [3.63, 3.8) is 0 Å². The molecule has 0 spiro atoms. The maximum atomic E-state index is 5.32. The SMILES string of the molecule is COc1cccc(CN[C@@H]2CCCc3c2cnn3Cc2ccccc2)c1. The molecule has 0 saturated heterocycles. The summed E-state index contributed by atoms with van der Waals surface area (Å²) in [5.74, 6) is 0.907. The van der Waals surface area contributed by atoms with Gasteiger partial charge in [0.25, 0.3) is 0 Å². The van der Waals surface area contributed by atoms with E-state index in [2.05, 4.69) is 63.8 Å². The smallest absolute Gasteiger partial charge is 0.119 e. The molecule has 3 aromatic rings. The van der Waals surface area contributed by atoms with Crippen molar-refractivity contribution in [2.75, 3.05) is 7.11 Å². The van der Waals surface area contributed by atoms with Gasteiger partial charge in [-0.25, -0.2) is 0 Å². The summed E-state index contributed by atoms with van der Waals surface area (Å²) in [4.78, 5) is 0. The largest absolute Gasteiger partial charge is 0.497 e. The second kappa shape index (κ2) is 7.75. The van der Waals surface area contributed by atoms with Crippen molar-refractivity contribution < 1.29 is 4.74 Å². The lowest BCUT2D eigenvalue weighted by Crippen LogP contribution is -2.25. The molecule has 1 atom stereocenters. The van der Waals surface area contributed by atoms with Crippen LogP contribution in [0.3, 0.4) is 0 Å². The van der Waals surface area contributed by atoms with Crippen LogP contribution >= 0.6 is 0 Å². The number of benzene rings is 2. The Morgan fingerprint density at radius 3 is 2.81 bits per heavy atom. The van der Waals surface area contributed by atoms with E-state index < -0.39 is 0 Å². The van der Waals surface area contributed by atoms with Gasteiger partial charge in [0.1, 0.15) is 5.75 Å². The minimum absolute atomic E-state index is 0.370. The fourth-order valence-electron chi connectivity index (χ4n) is 3.75. The molecular weight excluding hydrogens is 322 g/mol. The number of ether oxygens (including phenoxy) is 1. The molecule has 1 aromatic heterocycles. The molecular formula is C22H25N3O. The van der Waals surface area contributed by atoms with E-state index in [1.54, 1.807) is 7.11 Å². The Morgan fingerprint density at radius 2 is 1.96 bits per heavy atom. The molecule has 1 N–H and O–H groups in total. The lowest BCUT2D eigenvalue weighted by molar-refractivity contribution is 0.413. The molecule has 0 radical (unpaired) electrons. The Kier molecular flexibility index (Phi) is 5.02. The standard InChI is InChI=1S/C22H25N3O/c1-26-19-10-5-9-18(13-19)14-23-21-11-6-12-22-20(21)15-24-25(22)16-17-7-3-2-4-8-17/h2-5,7-10,13,15,21,23H,6,11-12,14,16H2,1H3/t21-/m1/s1. The molecule has 1 aliphatic carbocycles. The highest BCUT2D eigenvalue weighted by Gasteiger charge is 2.23. The van der Waals surface area contributed by atoms with Gasteiger partial charge in [0.2, 0.25) is 0 Å². The third-order valence-corrected chi connectivity index (χ3v) is 5.12. The van der Waals surface area contributed by atoms with Crippen molar-refractivity contribution in [1.82, 2.24) is 15.1 Å². The van der Waals surface area contributed by atoms with Crippen molar-refractivity contribution in [1.29, 1.82) is 0 Å². The van der Waals surface area contributed by atoms with Gasteiger partial charge in [-0.2, -0.15) is 5.10 Å². The predicted octanol–water partition coefficient (Wildman–Crippen LogP) is 4.11. The van der Waals surface area contributed by atoms with Gasteiger partial charge in [-0.1, -0.05) is 42.5 Å². The van der Waals surface area contributed by atoms with Gasteiger partial charge in [0, 0.05) is 23.8 Å². The minimum Gasteiger partial charge on any atom is -0.497 e. The van der Waals surface area contributed by atoms with Gasteiger partial charge in [-0.3, -0.25) is 4.68 Å². The van der Waals surface area contributed by atoms with E-state index in [0.29, 0.717) is 6.04 Å². The predicted molar refractivity (Wildman–Crippen MR) is 103 cm³/mol. The summed E-state index contributed by atoms with van der Waals surface area (Å²) in [5.41, 5.74) is 5.27. The van der Waals surface area contributed by atoms with E-state index in [1.807, 2.05) is 12.1 Å². The fourth-order valence-corrected chi connectivity index (χ4v) is 3.75. The Balaban J connectivity index is 1.47. The quantitative estimate of drug-likeness (QED) is 0.729. The number of methoxy groups -OCH3 is 1. The Bertz CT molecular complexity index is 857. The molecule has 0 aliphatic heterocycles. The lowest BCUT2D eigenvalue weighted by Gasteiger charge is -2.24. The number of hydrogen-bond donors (Lipinski definition) is 1. The van der Waals surface area contributed by atoms with Crippen LogP contribution in [-0.2, 0) is 19.5 Å². The first-order valence-electron chi connectivity index (χ1n) is 9.28. The van der Waals surface area contributed by atoms with Crippen LogP contribution in [0.25, 0.3) is 0 Å². The zero-order chi connectivity index (χ0) is 17.8. The van der Waals surface area contributed by atoms with Crippen molar-refractivity contribution in [2.24, 2.45) is 0 Å². The Hall–Kier alpha value is -2.59. The summed E-state index contributed by atoms with van der Waals surface area (Å²) in [7, 11) is 1.71. The number of nitrogens with one attached hydrogen (secondary N) is 1. The fraction of sp³-hybridized carbons (Fsp3) is 0.318. The van der Waals surface area contributed by atoms with Crippen LogP contribution in [0.4, 0.5) is 0 Å². The summed E-state index contributed by atoms with van der Waals surface area (Å²) in [6, 6.07) is 19.2. The zero-order valence-electron chi connectivity index (χ0n) is 15.2. The topological polar surface area (TPSA) is 39.1 Å². The van der Waals surface area contributed by atoms with Crippen molar-refractivity contribution in [3.8, 4) is 5.75 Å². The van der Waals surface area contributed by atoms with Crippen LogP contribution in [0.5, 0.6) is 5.75 Å². The van der Waals surface area contributed by atoms with Gasteiger partial charge < -0.3 is 10.1 Å². The summed E-state index contributed by atoms with van der Waals surface area (Å²) >= 11 is 0. The number of fused-ring (bicyclic) bond motifs is 1. The molecule has 0 amide bonds. The molecule has 134 valence electrons. The molecule has 0 saturated carbocycles. The summed E-state index contributed by atoms with van der Waals surface area (Å²) in [6.45, 7) is 1.68. The van der Waals surface area contributed by atoms with Gasteiger partial charge in [0.15, 0.2) is 0 Å². The molecule has 26 heavy (non-hydrogen) atoms. The molecule has 4 heteroatoms. The normalized spacial score (nSPS) is 16.3. The monoisotopic (exact) mass is 347 g/mol. The molecule has 0 fully saturated rings. The number of aromatic nitrogens is 2. The van der Waals surface area contributed by atoms with Gasteiger partial charge >= 0.3 is 0 Å². The van der Waals surface area contributed by atoms with Crippen molar-refractivity contribution in [2.45, 2.75) is 38.4 Å². The highest BCUT2D eigenvalue weighted by Crippen LogP contribution is 2.30.